The van der Waals surface area contributed by atoms with Crippen molar-refractivity contribution in [1.29, 1.82) is 0 Å². The fraction of sp³-hybridized carbons (Fsp3) is 0.353. The lowest BCUT2D eigenvalue weighted by Crippen LogP contribution is -2.36. The summed E-state index contributed by atoms with van der Waals surface area (Å²) < 4.78 is 5.34. The Balaban J connectivity index is 1.49. The van der Waals surface area contributed by atoms with E-state index in [1.54, 1.807) is 17.6 Å². The van der Waals surface area contributed by atoms with Crippen molar-refractivity contribution < 1.29 is 9.53 Å². The second-order valence-corrected chi connectivity index (χ2v) is 6.44. The van der Waals surface area contributed by atoms with E-state index in [1.165, 1.54) is 5.56 Å². The van der Waals surface area contributed by atoms with Crippen LogP contribution in [0, 0.1) is 6.92 Å². The molecule has 24 heavy (non-hydrogen) atoms. The van der Waals surface area contributed by atoms with Gasteiger partial charge in [-0.1, -0.05) is 29.8 Å². The minimum absolute atomic E-state index is 0.169. The van der Waals surface area contributed by atoms with Gasteiger partial charge in [0.2, 0.25) is 5.91 Å². The summed E-state index contributed by atoms with van der Waals surface area (Å²) in [5, 5.41) is 6.86. The molecule has 0 bridgehead atoms. The maximum atomic E-state index is 11.9. The Bertz CT molecular complexity index is 706. The standard InChI is InChI=1S/C17H20N4O2S/c1-13-2-4-14(5-3-13)11-18-20-16(22)10-15-12-24-17(19-15)21-6-8-23-9-7-21/h2-5,11-12H,6-10H2,1H3,(H,20,22)/b18-11-. The number of rotatable bonds is 5. The second-order valence-electron chi connectivity index (χ2n) is 5.60. The SMILES string of the molecule is Cc1ccc(/C=N\NC(=O)Cc2csc(N3CCOCC3)n2)cc1. The van der Waals surface area contributed by atoms with Gasteiger partial charge in [0.1, 0.15) is 0 Å². The van der Waals surface area contributed by atoms with Gasteiger partial charge in [-0.25, -0.2) is 10.4 Å². The third kappa shape index (κ3) is 4.62. The number of carbonyl (C=O) groups excluding carboxylic acids is 1. The van der Waals surface area contributed by atoms with Crippen LogP contribution in [0.4, 0.5) is 5.13 Å². The van der Waals surface area contributed by atoms with Crippen molar-refractivity contribution in [3.63, 3.8) is 0 Å². The van der Waals surface area contributed by atoms with Crippen LogP contribution >= 0.6 is 11.3 Å². The molecule has 6 nitrogen and oxygen atoms in total. The van der Waals surface area contributed by atoms with E-state index in [0.29, 0.717) is 0 Å². The monoisotopic (exact) mass is 344 g/mol. The molecule has 0 atom stereocenters. The minimum atomic E-state index is -0.169. The zero-order valence-electron chi connectivity index (χ0n) is 13.6. The Morgan fingerprint density at radius 3 is 2.88 bits per heavy atom. The molecule has 2 heterocycles. The number of aryl methyl sites for hydroxylation is 1. The van der Waals surface area contributed by atoms with Gasteiger partial charge in [0, 0.05) is 18.5 Å². The maximum Gasteiger partial charge on any atom is 0.246 e. The summed E-state index contributed by atoms with van der Waals surface area (Å²) in [6.45, 7) is 5.17. The average Bonchev–Trinajstić information content (AvgIpc) is 3.06. The van der Waals surface area contributed by atoms with Gasteiger partial charge in [-0.2, -0.15) is 5.10 Å². The quantitative estimate of drug-likeness (QED) is 0.665. The van der Waals surface area contributed by atoms with E-state index in [1.807, 2.05) is 36.6 Å². The van der Waals surface area contributed by atoms with Crippen LogP contribution in [0.3, 0.4) is 0 Å². The third-order valence-corrected chi connectivity index (χ3v) is 4.59. The number of morpholine rings is 1. The summed E-state index contributed by atoms with van der Waals surface area (Å²) in [5.74, 6) is -0.169. The fourth-order valence-corrected chi connectivity index (χ4v) is 3.19. The van der Waals surface area contributed by atoms with E-state index in [4.69, 9.17) is 4.74 Å². The first-order valence-corrected chi connectivity index (χ1v) is 8.74. The molecule has 7 heteroatoms. The largest absolute Gasteiger partial charge is 0.378 e. The Kier molecular flexibility index (Phi) is 5.55. The topological polar surface area (TPSA) is 66.8 Å². The molecule has 0 aliphatic carbocycles. The predicted octanol–water partition coefficient (Wildman–Crippen LogP) is 1.98. The smallest absolute Gasteiger partial charge is 0.246 e. The molecule has 1 aromatic heterocycles. The number of thiazole rings is 1. The van der Waals surface area contributed by atoms with Gasteiger partial charge in [0.15, 0.2) is 5.13 Å². The molecular formula is C17H20N4O2S. The van der Waals surface area contributed by atoms with Gasteiger partial charge in [-0.05, 0) is 12.5 Å². The molecule has 2 aromatic rings. The molecule has 1 saturated heterocycles. The molecule has 0 saturated carbocycles. The van der Waals surface area contributed by atoms with Crippen LogP contribution in [-0.2, 0) is 16.0 Å². The van der Waals surface area contributed by atoms with Crippen molar-refractivity contribution in [2.75, 3.05) is 31.2 Å². The number of carbonyl (C=O) groups is 1. The maximum absolute atomic E-state index is 11.9. The Hall–Kier alpha value is -2.25. The third-order valence-electron chi connectivity index (χ3n) is 3.64. The zero-order chi connectivity index (χ0) is 16.8. The Labute approximate surface area is 145 Å². The molecule has 1 aliphatic rings. The lowest BCUT2D eigenvalue weighted by Gasteiger charge is -2.26. The van der Waals surface area contributed by atoms with Crippen molar-refractivity contribution in [2.45, 2.75) is 13.3 Å². The number of hydrogen-bond acceptors (Lipinski definition) is 6. The molecule has 1 aromatic carbocycles. The molecule has 0 spiro atoms. The van der Waals surface area contributed by atoms with E-state index in [0.717, 1.165) is 42.7 Å². The van der Waals surface area contributed by atoms with Crippen LogP contribution in [0.2, 0.25) is 0 Å². The van der Waals surface area contributed by atoms with Gasteiger partial charge in [0.25, 0.3) is 0 Å². The zero-order valence-corrected chi connectivity index (χ0v) is 14.4. The highest BCUT2D eigenvalue weighted by molar-refractivity contribution is 7.13. The number of hydrogen-bond donors (Lipinski definition) is 1. The van der Waals surface area contributed by atoms with E-state index in [-0.39, 0.29) is 12.3 Å². The van der Waals surface area contributed by atoms with Gasteiger partial charge >= 0.3 is 0 Å². The van der Waals surface area contributed by atoms with Crippen LogP contribution in [0.5, 0.6) is 0 Å². The van der Waals surface area contributed by atoms with Crippen LogP contribution in [0.15, 0.2) is 34.7 Å². The molecule has 3 rings (SSSR count). The van der Waals surface area contributed by atoms with E-state index in [2.05, 4.69) is 20.4 Å². The van der Waals surface area contributed by atoms with Gasteiger partial charge in [0.05, 0.1) is 31.5 Å². The van der Waals surface area contributed by atoms with Crippen LogP contribution in [-0.4, -0.2) is 43.4 Å². The van der Waals surface area contributed by atoms with Crippen molar-refractivity contribution in [3.8, 4) is 0 Å². The summed E-state index contributed by atoms with van der Waals surface area (Å²) in [4.78, 5) is 18.7. The predicted molar refractivity (Wildman–Crippen MR) is 95.8 cm³/mol. The second kappa shape index (κ2) is 8.03. The molecule has 1 fully saturated rings. The molecular weight excluding hydrogens is 324 g/mol. The summed E-state index contributed by atoms with van der Waals surface area (Å²) in [5.41, 5.74) is 5.45. The Morgan fingerprint density at radius 1 is 1.38 bits per heavy atom. The highest BCUT2D eigenvalue weighted by atomic mass is 32.1. The van der Waals surface area contributed by atoms with Gasteiger partial charge in [-0.3, -0.25) is 4.79 Å². The number of ether oxygens (including phenoxy) is 1. The molecule has 1 N–H and O–H groups in total. The first-order valence-electron chi connectivity index (χ1n) is 7.86. The summed E-state index contributed by atoms with van der Waals surface area (Å²) in [6.07, 6.45) is 1.86. The summed E-state index contributed by atoms with van der Waals surface area (Å²) >= 11 is 1.56. The van der Waals surface area contributed by atoms with Gasteiger partial charge in [-0.15, -0.1) is 11.3 Å². The van der Waals surface area contributed by atoms with Crippen molar-refractivity contribution in [1.82, 2.24) is 10.4 Å². The van der Waals surface area contributed by atoms with Crippen LogP contribution in [0.1, 0.15) is 16.8 Å². The lowest BCUT2D eigenvalue weighted by molar-refractivity contribution is -0.120. The highest BCUT2D eigenvalue weighted by Gasteiger charge is 2.15. The fourth-order valence-electron chi connectivity index (χ4n) is 2.31. The molecule has 1 aliphatic heterocycles. The summed E-state index contributed by atoms with van der Waals surface area (Å²) in [6, 6.07) is 7.93. The number of hydrazone groups is 1. The highest BCUT2D eigenvalue weighted by Crippen LogP contribution is 2.21. The number of aromatic nitrogens is 1. The first kappa shape index (κ1) is 16.6. The van der Waals surface area contributed by atoms with E-state index < -0.39 is 0 Å². The van der Waals surface area contributed by atoms with E-state index in [9.17, 15) is 4.79 Å². The van der Waals surface area contributed by atoms with Crippen molar-refractivity contribution in [3.05, 3.63) is 46.5 Å². The van der Waals surface area contributed by atoms with Crippen molar-refractivity contribution in [2.24, 2.45) is 5.10 Å². The average molecular weight is 344 g/mol. The lowest BCUT2D eigenvalue weighted by atomic mass is 10.2. The number of benzene rings is 1. The summed E-state index contributed by atoms with van der Waals surface area (Å²) in [7, 11) is 0. The van der Waals surface area contributed by atoms with Crippen LogP contribution < -0.4 is 10.3 Å². The molecule has 0 unspecified atom stereocenters. The molecule has 0 radical (unpaired) electrons. The number of nitrogens with zero attached hydrogens (tertiary/aromatic N) is 3. The van der Waals surface area contributed by atoms with Gasteiger partial charge < -0.3 is 9.64 Å². The normalized spacial score (nSPS) is 15.0. The number of anilines is 1. The van der Waals surface area contributed by atoms with Crippen molar-refractivity contribution >= 4 is 28.6 Å². The minimum Gasteiger partial charge on any atom is -0.378 e. The number of amides is 1. The molecule has 1 amide bonds. The molecule has 126 valence electrons. The van der Waals surface area contributed by atoms with E-state index >= 15 is 0 Å². The first-order chi connectivity index (χ1) is 11.7. The van der Waals surface area contributed by atoms with Crippen LogP contribution in [0.25, 0.3) is 0 Å². The Morgan fingerprint density at radius 2 is 2.12 bits per heavy atom. The number of nitrogens with one attached hydrogen (secondary N) is 1.